The summed E-state index contributed by atoms with van der Waals surface area (Å²) in [7, 11) is 0. The molecule has 0 aromatic carbocycles. The van der Waals surface area contributed by atoms with E-state index in [0.29, 0.717) is 28.2 Å². The normalized spacial score (nSPS) is 24.5. The first-order valence-electron chi connectivity index (χ1n) is 6.30. The lowest BCUT2D eigenvalue weighted by atomic mass is 10.2. The van der Waals surface area contributed by atoms with E-state index in [9.17, 15) is 0 Å². The monoisotopic (exact) mass is 293 g/mol. The molecule has 2 aliphatic rings. The van der Waals surface area contributed by atoms with Gasteiger partial charge in [-0.15, -0.1) is 23.5 Å². The molecule has 1 atom stereocenters. The van der Waals surface area contributed by atoms with Gasteiger partial charge in [-0.1, -0.05) is 0 Å². The summed E-state index contributed by atoms with van der Waals surface area (Å²) in [5.41, 5.74) is 0.500. The van der Waals surface area contributed by atoms with E-state index < -0.39 is 0 Å². The average Bonchev–Trinajstić information content (AvgIpc) is 3.07. The van der Waals surface area contributed by atoms with Crippen LogP contribution in [0.3, 0.4) is 0 Å². The highest BCUT2D eigenvalue weighted by molar-refractivity contribution is 8.21. The van der Waals surface area contributed by atoms with Crippen LogP contribution in [0.1, 0.15) is 12.0 Å². The molecule has 3 heterocycles. The fourth-order valence-corrected chi connectivity index (χ4v) is 5.68. The van der Waals surface area contributed by atoms with Gasteiger partial charge >= 0.3 is 0 Å². The smallest absolute Gasteiger partial charge is 0.231 e. The van der Waals surface area contributed by atoms with Gasteiger partial charge in [0.15, 0.2) is 0 Å². The Morgan fingerprint density at radius 3 is 3.16 bits per heavy atom. The lowest BCUT2D eigenvalue weighted by Gasteiger charge is -2.19. The van der Waals surface area contributed by atoms with E-state index in [2.05, 4.69) is 39.9 Å². The lowest BCUT2D eigenvalue weighted by molar-refractivity contribution is 0.266. The molecule has 0 radical (unpaired) electrons. The van der Waals surface area contributed by atoms with Crippen molar-refractivity contribution in [2.45, 2.75) is 16.5 Å². The van der Waals surface area contributed by atoms with Crippen molar-refractivity contribution in [1.82, 2.24) is 10.3 Å². The molecule has 1 aromatic rings. The summed E-state index contributed by atoms with van der Waals surface area (Å²) in [6.07, 6.45) is 2.78. The van der Waals surface area contributed by atoms with E-state index in [0.717, 1.165) is 13.0 Å². The fraction of sp³-hybridized carbons (Fsp3) is 0.538. The zero-order valence-electron chi connectivity index (χ0n) is 10.5. The summed E-state index contributed by atoms with van der Waals surface area (Å²) in [6, 6.07) is 5.94. The minimum absolute atomic E-state index is 0.353. The van der Waals surface area contributed by atoms with E-state index in [1.807, 2.05) is 0 Å². The second-order valence-corrected chi connectivity index (χ2v) is 7.88. The van der Waals surface area contributed by atoms with Gasteiger partial charge in [-0.3, -0.25) is 0 Å². The van der Waals surface area contributed by atoms with Crippen LogP contribution in [0.4, 0.5) is 0 Å². The highest BCUT2D eigenvalue weighted by atomic mass is 32.2. The summed E-state index contributed by atoms with van der Waals surface area (Å²) < 4.78 is 6.06. The summed E-state index contributed by atoms with van der Waals surface area (Å²) in [6.45, 7) is 1.62. The summed E-state index contributed by atoms with van der Waals surface area (Å²) >= 11 is 4.12. The third-order valence-corrected chi connectivity index (χ3v) is 6.80. The molecule has 100 valence electrons. The van der Waals surface area contributed by atoms with Crippen molar-refractivity contribution in [3.05, 3.63) is 23.9 Å². The Balaban J connectivity index is 1.57. The van der Waals surface area contributed by atoms with Crippen LogP contribution in [-0.2, 0) is 0 Å². The molecule has 0 saturated carbocycles. The summed E-state index contributed by atoms with van der Waals surface area (Å²) in [5.74, 6) is 2.94. The molecule has 2 fully saturated rings. The van der Waals surface area contributed by atoms with E-state index in [1.54, 1.807) is 18.3 Å². The predicted molar refractivity (Wildman–Crippen MR) is 78.5 cm³/mol. The molecular formula is C13H15N3OS2. The number of aromatic nitrogens is 1. The number of nitrogens with zero attached hydrogens (tertiary/aromatic N) is 2. The Morgan fingerprint density at radius 1 is 1.53 bits per heavy atom. The van der Waals surface area contributed by atoms with Crippen LogP contribution in [0.15, 0.2) is 18.3 Å². The van der Waals surface area contributed by atoms with Gasteiger partial charge in [-0.2, -0.15) is 5.26 Å². The zero-order valence-corrected chi connectivity index (χ0v) is 12.1. The summed E-state index contributed by atoms with van der Waals surface area (Å²) in [4.78, 5) is 4.12. The average molecular weight is 293 g/mol. The van der Waals surface area contributed by atoms with Crippen LogP contribution in [0.25, 0.3) is 0 Å². The number of pyridine rings is 1. The maximum absolute atomic E-state index is 8.99. The summed E-state index contributed by atoms with van der Waals surface area (Å²) in [5, 5.41) is 12.5. The molecule has 2 saturated heterocycles. The molecule has 1 N–H and O–H groups in total. The number of hydrogen-bond acceptors (Lipinski definition) is 6. The molecule has 3 rings (SSSR count). The molecule has 2 aliphatic heterocycles. The first-order valence-corrected chi connectivity index (χ1v) is 8.28. The molecule has 6 heteroatoms. The Hall–Kier alpha value is -0.900. The minimum Gasteiger partial charge on any atom is -0.475 e. The van der Waals surface area contributed by atoms with Gasteiger partial charge < -0.3 is 10.1 Å². The van der Waals surface area contributed by atoms with Gasteiger partial charge in [0.1, 0.15) is 18.2 Å². The van der Waals surface area contributed by atoms with Crippen LogP contribution >= 0.6 is 23.5 Å². The van der Waals surface area contributed by atoms with Gasteiger partial charge in [0, 0.05) is 30.3 Å². The van der Waals surface area contributed by atoms with Crippen LogP contribution in [0.5, 0.6) is 5.88 Å². The Bertz CT molecular complexity index is 497. The van der Waals surface area contributed by atoms with Crippen molar-refractivity contribution < 1.29 is 4.74 Å². The van der Waals surface area contributed by atoms with Crippen LogP contribution in [0, 0.1) is 11.3 Å². The van der Waals surface area contributed by atoms with Crippen molar-refractivity contribution in [1.29, 1.82) is 5.26 Å². The Kier molecular flexibility index (Phi) is 3.87. The largest absolute Gasteiger partial charge is 0.475 e. The molecule has 1 aromatic heterocycles. The van der Waals surface area contributed by atoms with Gasteiger partial charge in [0.2, 0.25) is 5.88 Å². The fourth-order valence-electron chi connectivity index (χ4n) is 2.42. The van der Waals surface area contributed by atoms with Gasteiger partial charge in [-0.05, 0) is 18.6 Å². The zero-order chi connectivity index (χ0) is 13.1. The number of nitriles is 1. The highest BCUT2D eigenvalue weighted by Gasteiger charge is 2.42. The molecule has 0 bridgehead atoms. The van der Waals surface area contributed by atoms with Crippen LogP contribution in [0.2, 0.25) is 0 Å². The quantitative estimate of drug-likeness (QED) is 0.918. The van der Waals surface area contributed by atoms with Crippen molar-refractivity contribution in [3.63, 3.8) is 0 Å². The van der Waals surface area contributed by atoms with Crippen molar-refractivity contribution in [2.24, 2.45) is 0 Å². The number of nitrogens with one attached hydrogen (secondary N) is 1. The Labute approximate surface area is 121 Å². The SMILES string of the molecule is N#Cc1cccnc1OC[C@@H]1CC2(CN1)SCCS2. The third-order valence-electron chi connectivity index (χ3n) is 3.34. The van der Waals surface area contributed by atoms with Crippen molar-refractivity contribution in [3.8, 4) is 11.9 Å². The third kappa shape index (κ3) is 2.83. The minimum atomic E-state index is 0.353. The Morgan fingerprint density at radius 2 is 2.37 bits per heavy atom. The molecule has 0 unspecified atom stereocenters. The lowest BCUT2D eigenvalue weighted by Crippen LogP contribution is -2.28. The molecule has 0 amide bonds. The first kappa shape index (κ1) is 13.1. The standard InChI is InChI=1S/C13H15N3OS2/c14-7-10-2-1-3-15-12(10)17-8-11-6-13(9-16-11)18-4-5-19-13/h1-3,11,16H,4-6,8-9H2/t11-/m0/s1. The van der Waals surface area contributed by atoms with E-state index in [-0.39, 0.29) is 0 Å². The number of rotatable bonds is 3. The topological polar surface area (TPSA) is 57.9 Å². The molecule has 4 nitrogen and oxygen atoms in total. The molecular weight excluding hydrogens is 278 g/mol. The maximum atomic E-state index is 8.99. The number of thioether (sulfide) groups is 2. The number of ether oxygens (including phenoxy) is 1. The molecule has 1 spiro atoms. The molecule has 0 aliphatic carbocycles. The second-order valence-electron chi connectivity index (χ2n) is 4.67. The second kappa shape index (κ2) is 5.61. The number of hydrogen-bond donors (Lipinski definition) is 1. The van der Waals surface area contributed by atoms with Gasteiger partial charge in [0.05, 0.1) is 4.08 Å². The van der Waals surface area contributed by atoms with Crippen molar-refractivity contribution in [2.75, 3.05) is 24.7 Å². The van der Waals surface area contributed by atoms with Crippen LogP contribution < -0.4 is 10.1 Å². The highest BCUT2D eigenvalue weighted by Crippen LogP contribution is 2.49. The van der Waals surface area contributed by atoms with Gasteiger partial charge in [-0.25, -0.2) is 4.98 Å². The predicted octanol–water partition coefficient (Wildman–Crippen LogP) is 1.87. The maximum Gasteiger partial charge on any atom is 0.231 e. The van der Waals surface area contributed by atoms with E-state index in [4.69, 9.17) is 10.00 Å². The van der Waals surface area contributed by atoms with Gasteiger partial charge in [0.25, 0.3) is 0 Å². The molecule has 19 heavy (non-hydrogen) atoms. The first-order chi connectivity index (χ1) is 9.31. The van der Waals surface area contributed by atoms with Crippen molar-refractivity contribution >= 4 is 23.5 Å². The van der Waals surface area contributed by atoms with Crippen LogP contribution in [-0.4, -0.2) is 39.8 Å². The van der Waals surface area contributed by atoms with E-state index >= 15 is 0 Å². The van der Waals surface area contributed by atoms with E-state index in [1.165, 1.54) is 11.5 Å².